The van der Waals surface area contributed by atoms with Crippen LogP contribution in [0, 0.1) is 0 Å². The molecule has 0 unspecified atom stereocenters. The topological polar surface area (TPSA) is 17.1 Å². The summed E-state index contributed by atoms with van der Waals surface area (Å²) in [5.41, 5.74) is 0.691. The van der Waals surface area contributed by atoms with Crippen molar-refractivity contribution in [1.82, 2.24) is 0 Å². The minimum absolute atomic E-state index is 0.0112. The molecule has 0 saturated heterocycles. The van der Waals surface area contributed by atoms with Crippen LogP contribution >= 0.6 is 43.6 Å². The molecule has 0 heterocycles. The molecule has 1 nitrogen and oxygen atoms in total. The third-order valence-corrected chi connectivity index (χ3v) is 4.24. The summed E-state index contributed by atoms with van der Waals surface area (Å²) in [7, 11) is 0. The quantitative estimate of drug-likeness (QED) is 0.374. The van der Waals surface area contributed by atoms with Gasteiger partial charge in [-0.05, 0) is 60.0 Å². The van der Waals surface area contributed by atoms with E-state index in [9.17, 15) is 4.79 Å². The van der Waals surface area contributed by atoms with Crippen molar-refractivity contribution in [1.29, 1.82) is 0 Å². The van der Waals surface area contributed by atoms with E-state index >= 15 is 0 Å². The summed E-state index contributed by atoms with van der Waals surface area (Å²) in [5, 5.41) is 1.81. The molecule has 0 fully saturated rings. The van der Waals surface area contributed by atoms with Gasteiger partial charge in [0.2, 0.25) is 0 Å². The number of benzene rings is 2. The van der Waals surface area contributed by atoms with E-state index in [1.165, 1.54) is 11.8 Å². The minimum atomic E-state index is 0.0112. The Balaban J connectivity index is 1.97. The van der Waals surface area contributed by atoms with Crippen molar-refractivity contribution in [3.05, 3.63) is 74.5 Å². The smallest absolute Gasteiger partial charge is 0.186 e. The predicted octanol–water partition coefficient (Wildman–Crippen LogP) is 5.70. The van der Waals surface area contributed by atoms with Gasteiger partial charge in [0, 0.05) is 19.4 Å². The minimum Gasteiger partial charge on any atom is -0.289 e. The van der Waals surface area contributed by atoms with Crippen molar-refractivity contribution in [3.63, 3.8) is 0 Å². The summed E-state index contributed by atoms with van der Waals surface area (Å²) in [6.45, 7) is 0. The summed E-state index contributed by atoms with van der Waals surface area (Å²) >= 11 is 8.26. The summed E-state index contributed by atoms with van der Waals surface area (Å²) in [6, 6.07) is 15.3. The second kappa shape index (κ2) is 7.08. The van der Waals surface area contributed by atoms with Crippen LogP contribution in [-0.4, -0.2) is 5.78 Å². The largest absolute Gasteiger partial charge is 0.289 e. The number of allylic oxidation sites excluding steroid dienone is 1. The fourth-order valence-corrected chi connectivity index (χ4v) is 2.57. The number of hydrogen-bond acceptors (Lipinski definition) is 2. The first kappa shape index (κ1) is 14.6. The Bertz CT molecular complexity index is 589. The van der Waals surface area contributed by atoms with Crippen LogP contribution in [0.3, 0.4) is 0 Å². The van der Waals surface area contributed by atoms with Crippen LogP contribution in [0.2, 0.25) is 0 Å². The van der Waals surface area contributed by atoms with Crippen LogP contribution in [0.5, 0.6) is 0 Å². The van der Waals surface area contributed by atoms with Gasteiger partial charge in [0.15, 0.2) is 5.78 Å². The maximum atomic E-state index is 11.9. The molecule has 0 radical (unpaired) electrons. The van der Waals surface area contributed by atoms with Crippen LogP contribution in [0.15, 0.2) is 73.9 Å². The Morgan fingerprint density at radius 2 is 1.42 bits per heavy atom. The molecule has 2 aromatic rings. The molecular weight excluding hydrogens is 388 g/mol. The summed E-state index contributed by atoms with van der Waals surface area (Å²) in [6.07, 6.45) is 1.59. The number of halogens is 2. The van der Waals surface area contributed by atoms with Gasteiger partial charge in [-0.1, -0.05) is 43.6 Å². The number of thioether (sulfide) groups is 1. The van der Waals surface area contributed by atoms with Gasteiger partial charge in [0.1, 0.15) is 0 Å². The van der Waals surface area contributed by atoms with Crippen molar-refractivity contribution in [2.75, 3.05) is 0 Å². The zero-order valence-electron chi connectivity index (χ0n) is 9.85. The van der Waals surface area contributed by atoms with Crippen molar-refractivity contribution >= 4 is 49.4 Å². The van der Waals surface area contributed by atoms with Gasteiger partial charge in [-0.15, -0.1) is 0 Å². The standard InChI is InChI=1S/C15H10Br2OS/c16-12-3-1-11(2-4-12)15(18)9-10-19-14-7-5-13(17)6-8-14/h1-10H. The van der Waals surface area contributed by atoms with Gasteiger partial charge in [-0.25, -0.2) is 0 Å². The van der Waals surface area contributed by atoms with Crippen molar-refractivity contribution < 1.29 is 4.79 Å². The summed E-state index contributed by atoms with van der Waals surface area (Å²) < 4.78 is 2.02. The van der Waals surface area contributed by atoms with Crippen molar-refractivity contribution in [3.8, 4) is 0 Å². The van der Waals surface area contributed by atoms with Crippen LogP contribution in [-0.2, 0) is 0 Å². The van der Waals surface area contributed by atoms with Crippen LogP contribution < -0.4 is 0 Å². The van der Waals surface area contributed by atoms with E-state index in [1.807, 2.05) is 41.8 Å². The highest BCUT2D eigenvalue weighted by Crippen LogP contribution is 2.21. The van der Waals surface area contributed by atoms with Crippen LogP contribution in [0.4, 0.5) is 0 Å². The molecule has 0 atom stereocenters. The van der Waals surface area contributed by atoms with E-state index in [2.05, 4.69) is 31.9 Å². The van der Waals surface area contributed by atoms with E-state index in [-0.39, 0.29) is 5.78 Å². The van der Waals surface area contributed by atoms with Gasteiger partial charge >= 0.3 is 0 Å². The number of carbonyl (C=O) groups is 1. The fourth-order valence-electron chi connectivity index (χ4n) is 1.40. The molecular formula is C15H10Br2OS. The lowest BCUT2D eigenvalue weighted by Crippen LogP contribution is -1.92. The molecule has 4 heteroatoms. The van der Waals surface area contributed by atoms with E-state index < -0.39 is 0 Å². The molecule has 0 bridgehead atoms. The maximum absolute atomic E-state index is 11.9. The van der Waals surface area contributed by atoms with Crippen LogP contribution in [0.25, 0.3) is 0 Å². The Hall–Kier alpha value is -0.840. The molecule has 0 aliphatic heterocycles. The molecule has 0 spiro atoms. The first-order valence-corrected chi connectivity index (χ1v) is 8.00. The first-order valence-electron chi connectivity index (χ1n) is 5.54. The molecule has 0 aliphatic carbocycles. The molecule has 0 saturated carbocycles. The van der Waals surface area contributed by atoms with Gasteiger partial charge in [-0.2, -0.15) is 0 Å². The van der Waals surface area contributed by atoms with Gasteiger partial charge in [0.25, 0.3) is 0 Å². The highest BCUT2D eigenvalue weighted by atomic mass is 79.9. The molecule has 19 heavy (non-hydrogen) atoms. The fraction of sp³-hybridized carbons (Fsp3) is 0. The second-order valence-corrected chi connectivity index (χ2v) is 6.56. The Morgan fingerprint density at radius 3 is 2.00 bits per heavy atom. The molecule has 96 valence electrons. The lowest BCUT2D eigenvalue weighted by Gasteiger charge is -1.97. The van der Waals surface area contributed by atoms with Gasteiger partial charge < -0.3 is 0 Å². The van der Waals surface area contributed by atoms with Crippen LogP contribution in [0.1, 0.15) is 10.4 Å². The molecule has 2 aromatic carbocycles. The Labute approximate surface area is 133 Å². The van der Waals surface area contributed by atoms with E-state index in [0.717, 1.165) is 13.8 Å². The van der Waals surface area contributed by atoms with Gasteiger partial charge in [-0.3, -0.25) is 4.79 Å². The molecule has 0 aromatic heterocycles. The van der Waals surface area contributed by atoms with E-state index in [1.54, 1.807) is 18.2 Å². The number of ketones is 1. The highest BCUT2D eigenvalue weighted by Gasteiger charge is 2.00. The average molecular weight is 398 g/mol. The normalized spacial score (nSPS) is 10.8. The third kappa shape index (κ3) is 4.64. The highest BCUT2D eigenvalue weighted by molar-refractivity contribution is 9.10. The summed E-state index contributed by atoms with van der Waals surface area (Å²) in [5.74, 6) is 0.0112. The third-order valence-electron chi connectivity index (χ3n) is 2.37. The Kier molecular flexibility index (Phi) is 5.43. The lowest BCUT2D eigenvalue weighted by molar-refractivity contribution is 0.104. The average Bonchev–Trinajstić information content (AvgIpc) is 2.41. The Morgan fingerprint density at radius 1 is 0.895 bits per heavy atom. The SMILES string of the molecule is O=C(C=CSc1ccc(Br)cc1)c1ccc(Br)cc1. The lowest BCUT2D eigenvalue weighted by atomic mass is 10.1. The second-order valence-electron chi connectivity index (χ2n) is 3.75. The monoisotopic (exact) mass is 396 g/mol. The molecule has 0 amide bonds. The van der Waals surface area contributed by atoms with Crippen molar-refractivity contribution in [2.24, 2.45) is 0 Å². The van der Waals surface area contributed by atoms with E-state index in [4.69, 9.17) is 0 Å². The molecule has 2 rings (SSSR count). The van der Waals surface area contributed by atoms with Crippen molar-refractivity contribution in [2.45, 2.75) is 4.90 Å². The molecule has 0 aliphatic rings. The molecule has 0 N–H and O–H groups in total. The van der Waals surface area contributed by atoms with Gasteiger partial charge in [0.05, 0.1) is 0 Å². The zero-order valence-corrected chi connectivity index (χ0v) is 13.8. The zero-order chi connectivity index (χ0) is 13.7. The maximum Gasteiger partial charge on any atom is 0.186 e. The number of hydrogen-bond donors (Lipinski definition) is 0. The predicted molar refractivity (Wildman–Crippen MR) is 87.6 cm³/mol. The number of carbonyl (C=O) groups excluding carboxylic acids is 1. The van der Waals surface area contributed by atoms with E-state index in [0.29, 0.717) is 5.56 Å². The number of rotatable bonds is 4. The summed E-state index contributed by atoms with van der Waals surface area (Å²) in [4.78, 5) is 13.0. The first-order chi connectivity index (χ1) is 9.15.